The number of hydrogen-bond acceptors (Lipinski definition) is 4. The minimum atomic E-state index is -0.653. The van der Waals surface area contributed by atoms with E-state index in [1.54, 1.807) is 0 Å². The molecule has 0 saturated carbocycles. The van der Waals surface area contributed by atoms with Crippen LogP contribution in [0.2, 0.25) is 0 Å². The second-order valence-corrected chi connectivity index (χ2v) is 3.91. The summed E-state index contributed by atoms with van der Waals surface area (Å²) < 4.78 is 0. The van der Waals surface area contributed by atoms with E-state index in [9.17, 15) is 4.79 Å². The first-order chi connectivity index (χ1) is 8.04. The van der Waals surface area contributed by atoms with Crippen molar-refractivity contribution in [1.29, 1.82) is 0 Å². The lowest BCUT2D eigenvalue weighted by atomic mass is 9.80. The van der Waals surface area contributed by atoms with Gasteiger partial charge in [-0.3, -0.25) is 4.79 Å². The van der Waals surface area contributed by atoms with E-state index < -0.39 is 11.4 Å². The van der Waals surface area contributed by atoms with Crippen LogP contribution < -0.4 is 11.1 Å². The maximum absolute atomic E-state index is 10.7. The number of aliphatic carboxylic acids is 1. The van der Waals surface area contributed by atoms with Crippen molar-refractivity contribution >= 4 is 5.97 Å². The Kier molecular flexibility index (Phi) is 13.0. The second-order valence-electron chi connectivity index (χ2n) is 3.91. The van der Waals surface area contributed by atoms with Crippen molar-refractivity contribution in [3.8, 4) is 0 Å². The zero-order valence-electron chi connectivity index (χ0n) is 11.3. The number of nitrogens with two attached hydrogens (primary N) is 1. The fourth-order valence-electron chi connectivity index (χ4n) is 1.51. The van der Waals surface area contributed by atoms with Gasteiger partial charge in [-0.1, -0.05) is 20.8 Å². The summed E-state index contributed by atoms with van der Waals surface area (Å²) in [5, 5.41) is 19.9. The summed E-state index contributed by atoms with van der Waals surface area (Å²) in [5.74, 6) is -0.653. The maximum Gasteiger partial charge on any atom is 0.309 e. The molecule has 0 amide bonds. The molecule has 0 atom stereocenters. The van der Waals surface area contributed by atoms with Gasteiger partial charge < -0.3 is 21.3 Å². The first-order valence-electron chi connectivity index (χ1n) is 6.29. The molecule has 0 radical (unpaired) electrons. The van der Waals surface area contributed by atoms with Crippen LogP contribution in [-0.2, 0) is 4.79 Å². The molecule has 0 aromatic rings. The van der Waals surface area contributed by atoms with E-state index in [0.717, 1.165) is 25.8 Å². The first-order valence-corrected chi connectivity index (χ1v) is 6.29. The third kappa shape index (κ3) is 8.12. The molecule has 0 aliphatic rings. The predicted molar refractivity (Wildman–Crippen MR) is 70.0 cm³/mol. The minimum Gasteiger partial charge on any atom is -0.481 e. The third-order valence-electron chi connectivity index (χ3n) is 3.09. The number of aliphatic hydroxyl groups excluding tert-OH is 1. The van der Waals surface area contributed by atoms with Gasteiger partial charge in [0.2, 0.25) is 0 Å². The molecule has 0 rings (SSSR count). The fourth-order valence-corrected chi connectivity index (χ4v) is 1.51. The molecular formula is C12H28N2O3. The molecule has 0 unspecified atom stereocenters. The molecule has 0 saturated heterocycles. The number of carboxylic acids is 1. The van der Waals surface area contributed by atoms with E-state index in [4.69, 9.17) is 15.9 Å². The number of nitrogens with one attached hydrogen (secondary N) is 1. The van der Waals surface area contributed by atoms with Crippen LogP contribution in [0.4, 0.5) is 0 Å². The summed E-state index contributed by atoms with van der Waals surface area (Å²) >= 11 is 0. The highest BCUT2D eigenvalue weighted by Gasteiger charge is 2.32. The Morgan fingerprint density at radius 1 is 1.18 bits per heavy atom. The van der Waals surface area contributed by atoms with Gasteiger partial charge in [0.05, 0.1) is 12.0 Å². The second kappa shape index (κ2) is 11.8. The molecule has 5 nitrogen and oxygen atoms in total. The molecule has 0 aliphatic carbocycles. The van der Waals surface area contributed by atoms with Crippen LogP contribution in [0.5, 0.6) is 0 Å². The zero-order chi connectivity index (χ0) is 13.7. The Labute approximate surface area is 104 Å². The molecular weight excluding hydrogens is 220 g/mol. The highest BCUT2D eigenvalue weighted by Crippen LogP contribution is 2.30. The monoisotopic (exact) mass is 248 g/mol. The number of carbonyl (C=O) groups is 1. The predicted octanol–water partition coefficient (Wildman–Crippen LogP) is 0.814. The van der Waals surface area contributed by atoms with Crippen molar-refractivity contribution in [2.75, 3.05) is 26.2 Å². The Bertz CT molecular complexity index is 170. The van der Waals surface area contributed by atoms with E-state index >= 15 is 0 Å². The van der Waals surface area contributed by atoms with Crippen molar-refractivity contribution in [3.63, 3.8) is 0 Å². The van der Waals surface area contributed by atoms with Gasteiger partial charge in [-0.2, -0.15) is 0 Å². The van der Waals surface area contributed by atoms with Gasteiger partial charge in [-0.25, -0.2) is 0 Å². The largest absolute Gasteiger partial charge is 0.481 e. The molecule has 104 valence electrons. The Morgan fingerprint density at radius 2 is 1.65 bits per heavy atom. The summed E-state index contributed by atoms with van der Waals surface area (Å²) in [6, 6.07) is 0. The first kappa shape index (κ1) is 18.7. The lowest BCUT2D eigenvalue weighted by Gasteiger charge is -2.24. The molecule has 0 aromatic heterocycles. The van der Waals surface area contributed by atoms with Crippen LogP contribution in [0.1, 0.15) is 40.0 Å². The van der Waals surface area contributed by atoms with Crippen molar-refractivity contribution < 1.29 is 15.0 Å². The van der Waals surface area contributed by atoms with E-state index in [-0.39, 0.29) is 6.61 Å². The Hall–Kier alpha value is -0.650. The van der Waals surface area contributed by atoms with E-state index in [1.807, 2.05) is 20.8 Å². The van der Waals surface area contributed by atoms with Crippen LogP contribution in [0.15, 0.2) is 0 Å². The Balaban J connectivity index is 0. The van der Waals surface area contributed by atoms with Gasteiger partial charge in [-0.05, 0) is 19.3 Å². The van der Waals surface area contributed by atoms with Crippen molar-refractivity contribution in [2.24, 2.45) is 11.1 Å². The molecule has 0 fully saturated rings. The molecule has 17 heavy (non-hydrogen) atoms. The Morgan fingerprint density at radius 3 is 1.82 bits per heavy atom. The van der Waals surface area contributed by atoms with Crippen molar-refractivity contribution in [1.82, 2.24) is 5.32 Å². The molecule has 5 N–H and O–H groups in total. The molecule has 0 bridgehead atoms. The van der Waals surface area contributed by atoms with Gasteiger partial charge >= 0.3 is 5.97 Å². The van der Waals surface area contributed by atoms with Gasteiger partial charge in [-0.15, -0.1) is 0 Å². The molecule has 0 heterocycles. The summed E-state index contributed by atoms with van der Waals surface area (Å²) in [6.45, 7) is 8.07. The molecule has 0 spiro atoms. The van der Waals surface area contributed by atoms with Gasteiger partial charge in [0, 0.05) is 19.6 Å². The maximum atomic E-state index is 10.7. The van der Waals surface area contributed by atoms with Gasteiger partial charge in [0.15, 0.2) is 0 Å². The van der Waals surface area contributed by atoms with Crippen LogP contribution in [0.3, 0.4) is 0 Å². The highest BCUT2D eigenvalue weighted by atomic mass is 16.4. The standard InChI is InChI=1S/C8H16O2.C4H12N2O/c1-4-8(5-2,6-3)7(9)10;5-1-2-6-3-4-7/h4-6H2,1-3H3,(H,9,10);6-7H,1-5H2. The number of hydrogen-bond donors (Lipinski definition) is 4. The summed E-state index contributed by atoms with van der Waals surface area (Å²) in [7, 11) is 0. The van der Waals surface area contributed by atoms with E-state index in [1.165, 1.54) is 0 Å². The van der Waals surface area contributed by atoms with Crippen LogP contribution in [0, 0.1) is 5.41 Å². The van der Waals surface area contributed by atoms with Gasteiger partial charge in [0.25, 0.3) is 0 Å². The SMILES string of the molecule is CCC(CC)(CC)C(=O)O.NCCNCCO. The van der Waals surface area contributed by atoms with Crippen LogP contribution in [0.25, 0.3) is 0 Å². The molecule has 0 aromatic carbocycles. The highest BCUT2D eigenvalue weighted by molar-refractivity contribution is 5.74. The fraction of sp³-hybridized carbons (Fsp3) is 0.917. The number of aliphatic hydroxyl groups is 1. The van der Waals surface area contributed by atoms with E-state index in [2.05, 4.69) is 5.32 Å². The zero-order valence-corrected chi connectivity index (χ0v) is 11.3. The van der Waals surface area contributed by atoms with Crippen molar-refractivity contribution in [2.45, 2.75) is 40.0 Å². The smallest absolute Gasteiger partial charge is 0.309 e. The quantitative estimate of drug-likeness (QED) is 0.477. The van der Waals surface area contributed by atoms with Crippen LogP contribution >= 0.6 is 0 Å². The van der Waals surface area contributed by atoms with Gasteiger partial charge in [0.1, 0.15) is 0 Å². The van der Waals surface area contributed by atoms with Crippen LogP contribution in [-0.4, -0.2) is 42.4 Å². The average molecular weight is 248 g/mol. The average Bonchev–Trinajstić information content (AvgIpc) is 2.33. The minimum absolute atomic E-state index is 0.194. The molecule has 0 aliphatic heterocycles. The van der Waals surface area contributed by atoms with Crippen molar-refractivity contribution in [3.05, 3.63) is 0 Å². The lowest BCUT2D eigenvalue weighted by molar-refractivity contribution is -0.149. The topological polar surface area (TPSA) is 95.6 Å². The lowest BCUT2D eigenvalue weighted by Crippen LogP contribution is -2.28. The summed E-state index contributed by atoms with van der Waals surface area (Å²) in [4.78, 5) is 10.7. The summed E-state index contributed by atoms with van der Waals surface area (Å²) in [5.41, 5.74) is 4.67. The number of rotatable bonds is 8. The summed E-state index contributed by atoms with van der Waals surface area (Å²) in [6.07, 6.45) is 2.19. The third-order valence-corrected chi connectivity index (χ3v) is 3.09. The van der Waals surface area contributed by atoms with E-state index in [0.29, 0.717) is 13.1 Å². The number of carboxylic acid groups (broad SMARTS) is 1. The molecule has 5 heteroatoms. The normalized spacial score (nSPS) is 10.6.